The van der Waals surface area contributed by atoms with E-state index in [1.165, 1.54) is 24.0 Å². The number of benzene rings is 1. The number of rotatable bonds is 4. The van der Waals surface area contributed by atoms with Gasteiger partial charge in [-0.15, -0.1) is 11.3 Å². The van der Waals surface area contributed by atoms with Crippen molar-refractivity contribution in [2.24, 2.45) is 5.92 Å². The highest BCUT2D eigenvalue weighted by atomic mass is 32.2. The Morgan fingerprint density at radius 1 is 1.26 bits per heavy atom. The first kappa shape index (κ1) is 13.1. The molecule has 0 saturated heterocycles. The number of thiazole rings is 1. The fourth-order valence-electron chi connectivity index (χ4n) is 2.59. The number of carbonyl (C=O) groups is 1. The summed E-state index contributed by atoms with van der Waals surface area (Å²) < 4.78 is 2.22. The van der Waals surface area contributed by atoms with Crippen LogP contribution in [0.1, 0.15) is 32.1 Å². The molecule has 1 aromatic carbocycles. The van der Waals surface area contributed by atoms with E-state index >= 15 is 0 Å². The van der Waals surface area contributed by atoms with E-state index in [9.17, 15) is 4.79 Å². The van der Waals surface area contributed by atoms with E-state index < -0.39 is 0 Å². The van der Waals surface area contributed by atoms with Crippen molar-refractivity contribution in [3.05, 3.63) is 24.3 Å². The van der Waals surface area contributed by atoms with Crippen LogP contribution in [0.5, 0.6) is 0 Å². The summed E-state index contributed by atoms with van der Waals surface area (Å²) in [4.78, 5) is 16.7. The number of aromatic nitrogens is 1. The molecule has 0 atom stereocenters. The molecule has 2 aromatic rings. The summed E-state index contributed by atoms with van der Waals surface area (Å²) in [5.41, 5.74) is 1.04. The second kappa shape index (κ2) is 6.06. The second-order valence-corrected chi connectivity index (χ2v) is 7.29. The van der Waals surface area contributed by atoms with Crippen molar-refractivity contribution in [3.8, 4) is 0 Å². The number of thioether (sulfide) groups is 1. The smallest absolute Gasteiger partial charge is 0.151 e. The maximum Gasteiger partial charge on any atom is 0.151 e. The lowest BCUT2D eigenvalue weighted by molar-refractivity contribution is -0.121. The fourth-order valence-corrected chi connectivity index (χ4v) is 4.63. The molecular formula is C15H17NOS2. The van der Waals surface area contributed by atoms with Gasteiger partial charge in [0.2, 0.25) is 0 Å². The molecule has 0 aliphatic heterocycles. The zero-order chi connectivity index (χ0) is 13.1. The van der Waals surface area contributed by atoms with Crippen LogP contribution in [0.4, 0.5) is 0 Å². The Bertz CT molecular complexity index is 539. The molecule has 1 aromatic heterocycles. The largest absolute Gasteiger partial charge is 0.298 e. The van der Waals surface area contributed by atoms with E-state index in [2.05, 4.69) is 11.1 Å². The zero-order valence-corrected chi connectivity index (χ0v) is 12.4. The molecule has 0 unspecified atom stereocenters. The van der Waals surface area contributed by atoms with Crippen molar-refractivity contribution in [2.45, 2.75) is 36.4 Å². The van der Waals surface area contributed by atoms with Crippen molar-refractivity contribution >= 4 is 39.1 Å². The zero-order valence-electron chi connectivity index (χ0n) is 10.8. The molecule has 1 heterocycles. The summed E-state index contributed by atoms with van der Waals surface area (Å²) in [6, 6.07) is 8.14. The highest BCUT2D eigenvalue weighted by molar-refractivity contribution is 8.01. The molecule has 0 bridgehead atoms. The van der Waals surface area contributed by atoms with Crippen LogP contribution in [0.15, 0.2) is 28.6 Å². The Morgan fingerprint density at radius 2 is 2.05 bits per heavy atom. The molecule has 3 rings (SSSR count). The van der Waals surface area contributed by atoms with Gasteiger partial charge < -0.3 is 0 Å². The molecule has 1 aliphatic rings. The number of Topliss-reactive ketones (excluding diaryl/α,β-unsaturated/α-hetero) is 1. The van der Waals surface area contributed by atoms with E-state index in [1.807, 2.05) is 18.2 Å². The molecule has 1 fully saturated rings. The number of carbonyl (C=O) groups excluding carboxylic acids is 1. The summed E-state index contributed by atoms with van der Waals surface area (Å²) in [6.07, 6.45) is 5.94. The third-order valence-electron chi connectivity index (χ3n) is 3.67. The topological polar surface area (TPSA) is 30.0 Å². The van der Waals surface area contributed by atoms with Gasteiger partial charge in [-0.05, 0) is 25.0 Å². The van der Waals surface area contributed by atoms with Crippen LogP contribution in [0, 0.1) is 5.92 Å². The van der Waals surface area contributed by atoms with Crippen LogP contribution in [-0.2, 0) is 4.79 Å². The number of fused-ring (bicyclic) bond motifs is 1. The average molecular weight is 291 g/mol. The van der Waals surface area contributed by atoms with Gasteiger partial charge in [-0.25, -0.2) is 4.98 Å². The number of para-hydroxylation sites is 1. The van der Waals surface area contributed by atoms with Crippen LogP contribution in [-0.4, -0.2) is 16.5 Å². The normalized spacial score (nSPS) is 16.8. The van der Waals surface area contributed by atoms with Gasteiger partial charge in [-0.1, -0.05) is 43.2 Å². The maximum absolute atomic E-state index is 12.1. The van der Waals surface area contributed by atoms with E-state index in [0.29, 0.717) is 17.5 Å². The van der Waals surface area contributed by atoms with Crippen LogP contribution < -0.4 is 0 Å². The highest BCUT2D eigenvalue weighted by Gasteiger charge is 2.21. The predicted octanol–water partition coefficient (Wildman–Crippen LogP) is 4.54. The Morgan fingerprint density at radius 3 is 2.84 bits per heavy atom. The molecule has 1 saturated carbocycles. The summed E-state index contributed by atoms with van der Waals surface area (Å²) in [7, 11) is 0. The first-order chi connectivity index (χ1) is 9.33. The van der Waals surface area contributed by atoms with Gasteiger partial charge in [0.15, 0.2) is 4.34 Å². The Balaban J connectivity index is 1.60. The van der Waals surface area contributed by atoms with E-state index in [-0.39, 0.29) is 0 Å². The third kappa shape index (κ3) is 3.18. The lowest BCUT2D eigenvalue weighted by Crippen LogP contribution is -2.19. The van der Waals surface area contributed by atoms with Gasteiger partial charge in [0.25, 0.3) is 0 Å². The monoisotopic (exact) mass is 291 g/mol. The minimum Gasteiger partial charge on any atom is -0.298 e. The average Bonchev–Trinajstić information content (AvgIpc) is 2.88. The second-order valence-electron chi connectivity index (χ2n) is 5.04. The predicted molar refractivity (Wildman–Crippen MR) is 81.9 cm³/mol. The molecule has 0 N–H and O–H groups in total. The van der Waals surface area contributed by atoms with Crippen LogP contribution in [0.25, 0.3) is 10.2 Å². The van der Waals surface area contributed by atoms with Gasteiger partial charge in [-0.2, -0.15) is 0 Å². The molecular weight excluding hydrogens is 274 g/mol. The summed E-state index contributed by atoms with van der Waals surface area (Å²) in [5.74, 6) is 1.32. The Kier molecular flexibility index (Phi) is 4.18. The molecule has 4 heteroatoms. The first-order valence-electron chi connectivity index (χ1n) is 6.84. The molecule has 2 nitrogen and oxygen atoms in total. The lowest BCUT2D eigenvalue weighted by Gasteiger charge is -2.19. The van der Waals surface area contributed by atoms with Gasteiger partial charge in [0.05, 0.1) is 16.0 Å². The third-order valence-corrected chi connectivity index (χ3v) is 5.87. The van der Waals surface area contributed by atoms with Gasteiger partial charge in [0.1, 0.15) is 5.78 Å². The molecule has 0 radical (unpaired) electrons. The number of ketones is 1. The van der Waals surface area contributed by atoms with E-state index in [0.717, 1.165) is 22.7 Å². The van der Waals surface area contributed by atoms with Crippen LogP contribution >= 0.6 is 23.1 Å². The van der Waals surface area contributed by atoms with Crippen LogP contribution in [0.2, 0.25) is 0 Å². The molecule has 0 amide bonds. The van der Waals surface area contributed by atoms with E-state index in [4.69, 9.17) is 0 Å². The number of nitrogens with zero attached hydrogens (tertiary/aromatic N) is 1. The van der Waals surface area contributed by atoms with Gasteiger partial charge in [0, 0.05) is 5.92 Å². The van der Waals surface area contributed by atoms with Gasteiger partial charge in [-0.3, -0.25) is 4.79 Å². The first-order valence-corrected chi connectivity index (χ1v) is 8.64. The highest BCUT2D eigenvalue weighted by Crippen LogP contribution is 2.31. The standard InChI is InChI=1S/C15H17NOS2/c17-13(11-6-2-1-3-7-11)10-18-15-16-12-8-4-5-9-14(12)19-15/h4-5,8-9,11H,1-3,6-7,10H2. The Hall–Kier alpha value is -0.870. The van der Waals surface area contributed by atoms with E-state index in [1.54, 1.807) is 23.1 Å². The van der Waals surface area contributed by atoms with Crippen molar-refractivity contribution in [1.82, 2.24) is 4.98 Å². The van der Waals surface area contributed by atoms with Crippen LogP contribution in [0.3, 0.4) is 0 Å². The SMILES string of the molecule is O=C(CSc1nc2ccccc2s1)C1CCCCC1. The minimum absolute atomic E-state index is 0.315. The molecule has 1 aliphatic carbocycles. The molecule has 100 valence electrons. The van der Waals surface area contributed by atoms with Crippen molar-refractivity contribution in [2.75, 3.05) is 5.75 Å². The minimum atomic E-state index is 0.315. The van der Waals surface area contributed by atoms with Crippen molar-refractivity contribution < 1.29 is 4.79 Å². The molecule has 0 spiro atoms. The number of hydrogen-bond donors (Lipinski definition) is 0. The molecule has 19 heavy (non-hydrogen) atoms. The van der Waals surface area contributed by atoms with Crippen molar-refractivity contribution in [1.29, 1.82) is 0 Å². The van der Waals surface area contributed by atoms with Crippen molar-refractivity contribution in [3.63, 3.8) is 0 Å². The fraction of sp³-hybridized carbons (Fsp3) is 0.467. The lowest BCUT2D eigenvalue weighted by atomic mass is 9.87. The quantitative estimate of drug-likeness (QED) is 0.775. The summed E-state index contributed by atoms with van der Waals surface area (Å²) in [5, 5.41) is 0. The van der Waals surface area contributed by atoms with Gasteiger partial charge >= 0.3 is 0 Å². The summed E-state index contributed by atoms with van der Waals surface area (Å²) >= 11 is 3.29. The maximum atomic E-state index is 12.1. The summed E-state index contributed by atoms with van der Waals surface area (Å²) in [6.45, 7) is 0. The number of hydrogen-bond acceptors (Lipinski definition) is 4. The Labute approximate surface area is 121 Å².